The summed E-state index contributed by atoms with van der Waals surface area (Å²) in [5.74, 6) is 0.737. The van der Waals surface area contributed by atoms with E-state index < -0.39 is 0 Å². The predicted octanol–water partition coefficient (Wildman–Crippen LogP) is 3.54. The summed E-state index contributed by atoms with van der Waals surface area (Å²) < 4.78 is 7.30. The van der Waals surface area contributed by atoms with Crippen molar-refractivity contribution >= 4 is 5.91 Å². The molecule has 6 nitrogen and oxygen atoms in total. The van der Waals surface area contributed by atoms with Gasteiger partial charge in [-0.3, -0.25) is 14.5 Å². The lowest BCUT2D eigenvalue weighted by atomic mass is 9.98. The standard InChI is InChI=1S/C22H22N4O2/c1-4-20(27)25-14-19-21(16-9-11-23-12-10-16)22(24-26(19)13-15(25)2)17-5-7-18(28-3)8-6-17/h4-12,15H,1,13-14H2,2-3H3. The van der Waals surface area contributed by atoms with E-state index in [-0.39, 0.29) is 11.9 Å². The quantitative estimate of drug-likeness (QED) is 0.656. The molecule has 0 radical (unpaired) electrons. The molecule has 0 spiro atoms. The molecule has 1 aliphatic rings. The third-order valence-electron chi connectivity index (χ3n) is 5.14. The number of fused-ring (bicyclic) bond motifs is 1. The number of carbonyl (C=O) groups is 1. The number of pyridine rings is 1. The fourth-order valence-electron chi connectivity index (χ4n) is 3.66. The highest BCUT2D eigenvalue weighted by Gasteiger charge is 2.31. The summed E-state index contributed by atoms with van der Waals surface area (Å²) in [6.07, 6.45) is 4.92. The van der Waals surface area contributed by atoms with Crippen molar-refractivity contribution in [2.75, 3.05) is 7.11 Å². The lowest BCUT2D eigenvalue weighted by molar-refractivity contribution is -0.129. The molecule has 1 amide bonds. The summed E-state index contributed by atoms with van der Waals surface area (Å²) in [5, 5.41) is 4.91. The Morgan fingerprint density at radius 2 is 1.89 bits per heavy atom. The Morgan fingerprint density at radius 3 is 2.54 bits per heavy atom. The van der Waals surface area contributed by atoms with Gasteiger partial charge in [-0.15, -0.1) is 0 Å². The molecule has 1 aliphatic heterocycles. The van der Waals surface area contributed by atoms with Gasteiger partial charge in [-0.2, -0.15) is 5.10 Å². The van der Waals surface area contributed by atoms with Gasteiger partial charge in [0.15, 0.2) is 0 Å². The Hall–Kier alpha value is -3.41. The molecule has 0 N–H and O–H groups in total. The fraction of sp³-hybridized carbons (Fsp3) is 0.227. The number of amides is 1. The maximum Gasteiger partial charge on any atom is 0.246 e. The highest BCUT2D eigenvalue weighted by atomic mass is 16.5. The van der Waals surface area contributed by atoms with Crippen LogP contribution in [0.1, 0.15) is 12.6 Å². The normalized spacial score (nSPS) is 15.8. The van der Waals surface area contributed by atoms with E-state index in [1.165, 1.54) is 6.08 Å². The zero-order chi connectivity index (χ0) is 19.7. The number of carbonyl (C=O) groups excluding carboxylic acids is 1. The van der Waals surface area contributed by atoms with Crippen LogP contribution >= 0.6 is 0 Å². The average molecular weight is 374 g/mol. The van der Waals surface area contributed by atoms with Gasteiger partial charge in [0.1, 0.15) is 11.4 Å². The number of rotatable bonds is 4. The van der Waals surface area contributed by atoms with Crippen LogP contribution in [0.4, 0.5) is 0 Å². The van der Waals surface area contributed by atoms with Gasteiger partial charge in [-0.05, 0) is 55.0 Å². The third kappa shape index (κ3) is 3.07. The number of nitrogens with zero attached hydrogens (tertiary/aromatic N) is 4. The van der Waals surface area contributed by atoms with Crippen molar-refractivity contribution in [2.24, 2.45) is 0 Å². The Bertz CT molecular complexity index is 1010. The molecule has 2 aromatic heterocycles. The van der Waals surface area contributed by atoms with Crippen molar-refractivity contribution in [3.05, 3.63) is 67.1 Å². The lowest BCUT2D eigenvalue weighted by Crippen LogP contribution is -2.44. The summed E-state index contributed by atoms with van der Waals surface area (Å²) in [7, 11) is 1.65. The van der Waals surface area contributed by atoms with Crippen molar-refractivity contribution in [1.82, 2.24) is 19.7 Å². The second-order valence-corrected chi connectivity index (χ2v) is 6.84. The Balaban J connectivity index is 1.88. The lowest BCUT2D eigenvalue weighted by Gasteiger charge is -2.33. The maximum atomic E-state index is 12.3. The first-order valence-corrected chi connectivity index (χ1v) is 9.20. The number of benzene rings is 1. The van der Waals surface area contributed by atoms with Crippen LogP contribution in [0.3, 0.4) is 0 Å². The van der Waals surface area contributed by atoms with E-state index in [2.05, 4.69) is 11.6 Å². The van der Waals surface area contributed by atoms with Gasteiger partial charge in [-0.1, -0.05) is 6.58 Å². The van der Waals surface area contributed by atoms with E-state index in [9.17, 15) is 4.79 Å². The van der Waals surface area contributed by atoms with Crippen LogP contribution in [-0.4, -0.2) is 38.7 Å². The van der Waals surface area contributed by atoms with Crippen LogP contribution in [0.25, 0.3) is 22.4 Å². The molecule has 0 fully saturated rings. The van der Waals surface area contributed by atoms with Gasteiger partial charge >= 0.3 is 0 Å². The second-order valence-electron chi connectivity index (χ2n) is 6.84. The summed E-state index contributed by atoms with van der Waals surface area (Å²) >= 11 is 0. The first kappa shape index (κ1) is 18.0. The zero-order valence-corrected chi connectivity index (χ0v) is 16.0. The fourth-order valence-corrected chi connectivity index (χ4v) is 3.66. The Kier molecular flexibility index (Phi) is 4.69. The molecular formula is C22H22N4O2. The minimum Gasteiger partial charge on any atom is -0.497 e. The summed E-state index contributed by atoms with van der Waals surface area (Å²) in [6.45, 7) is 6.81. The number of hydrogen-bond donors (Lipinski definition) is 0. The zero-order valence-electron chi connectivity index (χ0n) is 16.0. The molecule has 28 heavy (non-hydrogen) atoms. The van der Waals surface area contributed by atoms with Crippen molar-refractivity contribution in [1.29, 1.82) is 0 Å². The molecule has 3 aromatic rings. The number of aromatic nitrogens is 3. The molecular weight excluding hydrogens is 352 g/mol. The topological polar surface area (TPSA) is 60.3 Å². The van der Waals surface area contributed by atoms with Gasteiger partial charge in [-0.25, -0.2) is 0 Å². The van der Waals surface area contributed by atoms with Gasteiger partial charge in [0.05, 0.1) is 25.9 Å². The van der Waals surface area contributed by atoms with E-state index in [4.69, 9.17) is 9.84 Å². The first-order valence-electron chi connectivity index (χ1n) is 9.20. The smallest absolute Gasteiger partial charge is 0.246 e. The monoisotopic (exact) mass is 374 g/mol. The van der Waals surface area contributed by atoms with Crippen LogP contribution in [0.15, 0.2) is 61.4 Å². The van der Waals surface area contributed by atoms with Crippen LogP contribution in [0, 0.1) is 0 Å². The predicted molar refractivity (Wildman–Crippen MR) is 108 cm³/mol. The van der Waals surface area contributed by atoms with E-state index in [0.717, 1.165) is 33.8 Å². The van der Waals surface area contributed by atoms with Crippen LogP contribution in [0.2, 0.25) is 0 Å². The molecule has 3 heterocycles. The van der Waals surface area contributed by atoms with E-state index in [0.29, 0.717) is 13.1 Å². The maximum absolute atomic E-state index is 12.3. The van der Waals surface area contributed by atoms with Crippen LogP contribution < -0.4 is 4.74 Å². The molecule has 6 heteroatoms. The van der Waals surface area contributed by atoms with Crippen molar-refractivity contribution in [2.45, 2.75) is 26.1 Å². The molecule has 0 saturated carbocycles. The van der Waals surface area contributed by atoms with Crippen molar-refractivity contribution in [3.8, 4) is 28.1 Å². The Labute approximate surface area is 164 Å². The van der Waals surface area contributed by atoms with E-state index in [1.54, 1.807) is 19.5 Å². The van der Waals surface area contributed by atoms with E-state index >= 15 is 0 Å². The highest BCUT2D eigenvalue weighted by Crippen LogP contribution is 2.37. The number of methoxy groups -OCH3 is 1. The van der Waals surface area contributed by atoms with Crippen molar-refractivity contribution < 1.29 is 9.53 Å². The van der Waals surface area contributed by atoms with Gasteiger partial charge in [0, 0.05) is 29.6 Å². The SMILES string of the molecule is C=CC(=O)N1Cc2c(-c3ccncc3)c(-c3ccc(OC)cc3)nn2CC1C. The van der Waals surface area contributed by atoms with Gasteiger partial charge < -0.3 is 9.64 Å². The summed E-state index contributed by atoms with van der Waals surface area (Å²) in [5.41, 5.74) is 4.97. The number of hydrogen-bond acceptors (Lipinski definition) is 4. The molecule has 0 aliphatic carbocycles. The molecule has 0 saturated heterocycles. The minimum atomic E-state index is -0.0633. The second kappa shape index (κ2) is 7.31. The Morgan fingerprint density at radius 1 is 1.18 bits per heavy atom. The largest absolute Gasteiger partial charge is 0.497 e. The van der Waals surface area contributed by atoms with Crippen LogP contribution in [-0.2, 0) is 17.9 Å². The average Bonchev–Trinajstić information content (AvgIpc) is 3.11. The molecule has 1 aromatic carbocycles. The van der Waals surface area contributed by atoms with Crippen LogP contribution in [0.5, 0.6) is 5.75 Å². The molecule has 0 bridgehead atoms. The minimum absolute atomic E-state index is 0.0481. The molecule has 142 valence electrons. The van der Waals surface area contributed by atoms with Crippen molar-refractivity contribution in [3.63, 3.8) is 0 Å². The molecule has 1 unspecified atom stereocenters. The summed E-state index contributed by atoms with van der Waals surface area (Å²) in [6, 6.07) is 11.9. The third-order valence-corrected chi connectivity index (χ3v) is 5.14. The first-order chi connectivity index (χ1) is 13.6. The number of ether oxygens (including phenoxy) is 1. The van der Waals surface area contributed by atoms with Gasteiger partial charge in [0.25, 0.3) is 0 Å². The molecule has 4 rings (SSSR count). The van der Waals surface area contributed by atoms with E-state index in [1.807, 2.05) is 52.9 Å². The van der Waals surface area contributed by atoms with Gasteiger partial charge in [0.2, 0.25) is 5.91 Å². The molecule has 1 atom stereocenters. The summed E-state index contributed by atoms with van der Waals surface area (Å²) in [4.78, 5) is 18.3. The highest BCUT2D eigenvalue weighted by molar-refractivity contribution is 5.88.